The molecule has 1 unspecified atom stereocenters. The Balaban J connectivity index is 3.26. The summed E-state index contributed by atoms with van der Waals surface area (Å²) in [5.41, 5.74) is -1.83. The first kappa shape index (κ1) is 13.2. The van der Waals surface area contributed by atoms with Crippen molar-refractivity contribution in [1.82, 2.24) is 0 Å². The number of Topliss-reactive ketones (excluding diaryl/α,β-unsaturated/α-hetero) is 1. The number of hydrogen-bond acceptors (Lipinski definition) is 2. The Morgan fingerprint density at radius 3 is 2.47 bits per heavy atom. The lowest BCUT2D eigenvalue weighted by molar-refractivity contribution is -0.137. The fourth-order valence-electron chi connectivity index (χ4n) is 1.18. The molecule has 0 aliphatic heterocycles. The Morgan fingerprint density at radius 1 is 1.41 bits per heavy atom. The first-order valence-corrected chi connectivity index (χ1v) is 4.58. The zero-order valence-corrected chi connectivity index (χ0v) is 8.68. The lowest BCUT2D eigenvalue weighted by Gasteiger charge is -2.09. The van der Waals surface area contributed by atoms with Crippen molar-refractivity contribution < 1.29 is 22.4 Å². The fraction of sp³-hybridized carbons (Fsp3) is 0.273. The van der Waals surface area contributed by atoms with Crippen LogP contribution >= 0.6 is 0 Å². The Hall–Kier alpha value is -1.90. The number of carbonyl (C=O) groups is 1. The molecule has 0 aromatic heterocycles. The Bertz CT molecular complexity index is 487. The molecule has 1 atom stereocenters. The Labute approximate surface area is 94.5 Å². The van der Waals surface area contributed by atoms with Gasteiger partial charge in [0.2, 0.25) is 0 Å². The van der Waals surface area contributed by atoms with Gasteiger partial charge in [-0.05, 0) is 25.1 Å². The summed E-state index contributed by atoms with van der Waals surface area (Å²) in [6.45, 7) is 1.20. The molecule has 1 rings (SSSR count). The van der Waals surface area contributed by atoms with E-state index in [2.05, 4.69) is 0 Å². The maximum absolute atomic E-state index is 13.2. The van der Waals surface area contributed by atoms with Gasteiger partial charge in [0, 0.05) is 0 Å². The van der Waals surface area contributed by atoms with Crippen LogP contribution in [0, 0.1) is 23.1 Å². The van der Waals surface area contributed by atoms with E-state index in [4.69, 9.17) is 5.26 Å². The SMILES string of the molecule is CC(C#N)C(=O)c1cc(C(F)(F)F)ccc1F. The summed E-state index contributed by atoms with van der Waals surface area (Å²) in [5.74, 6) is -3.21. The molecule has 0 aliphatic carbocycles. The van der Waals surface area contributed by atoms with E-state index in [1.807, 2.05) is 0 Å². The summed E-state index contributed by atoms with van der Waals surface area (Å²) in [6.07, 6.45) is -4.65. The Kier molecular flexibility index (Phi) is 3.51. The van der Waals surface area contributed by atoms with Gasteiger partial charge in [-0.2, -0.15) is 18.4 Å². The molecule has 0 heterocycles. The van der Waals surface area contributed by atoms with E-state index in [1.54, 1.807) is 6.07 Å². The highest BCUT2D eigenvalue weighted by Crippen LogP contribution is 2.30. The quantitative estimate of drug-likeness (QED) is 0.593. The van der Waals surface area contributed by atoms with Gasteiger partial charge in [-0.15, -0.1) is 0 Å². The van der Waals surface area contributed by atoms with Crippen molar-refractivity contribution in [2.45, 2.75) is 13.1 Å². The largest absolute Gasteiger partial charge is 0.416 e. The summed E-state index contributed by atoms with van der Waals surface area (Å²) in [5, 5.41) is 8.47. The first-order valence-electron chi connectivity index (χ1n) is 4.58. The van der Waals surface area contributed by atoms with Crippen molar-refractivity contribution in [3.63, 3.8) is 0 Å². The molecular formula is C11H7F4NO. The monoisotopic (exact) mass is 245 g/mol. The summed E-state index contributed by atoms with van der Waals surface area (Å²) < 4.78 is 50.2. The van der Waals surface area contributed by atoms with Gasteiger partial charge in [-0.3, -0.25) is 4.79 Å². The number of halogens is 4. The molecule has 0 saturated carbocycles. The Morgan fingerprint density at radius 2 is 2.00 bits per heavy atom. The third-order valence-electron chi connectivity index (χ3n) is 2.15. The number of nitriles is 1. The first-order chi connectivity index (χ1) is 7.77. The van der Waals surface area contributed by atoms with Gasteiger partial charge in [0.25, 0.3) is 0 Å². The van der Waals surface area contributed by atoms with E-state index in [0.717, 1.165) is 0 Å². The number of hydrogen-bond donors (Lipinski definition) is 0. The van der Waals surface area contributed by atoms with Gasteiger partial charge >= 0.3 is 6.18 Å². The molecule has 0 fully saturated rings. The average Bonchev–Trinajstić information content (AvgIpc) is 2.26. The van der Waals surface area contributed by atoms with E-state index in [-0.39, 0.29) is 0 Å². The van der Waals surface area contributed by atoms with Crippen LogP contribution in [0.1, 0.15) is 22.8 Å². The van der Waals surface area contributed by atoms with Crippen LogP contribution < -0.4 is 0 Å². The molecule has 17 heavy (non-hydrogen) atoms. The van der Waals surface area contributed by atoms with Crippen LogP contribution in [0.4, 0.5) is 17.6 Å². The van der Waals surface area contributed by atoms with E-state index >= 15 is 0 Å². The van der Waals surface area contributed by atoms with E-state index < -0.39 is 34.8 Å². The second-order valence-electron chi connectivity index (χ2n) is 3.41. The molecule has 1 aromatic rings. The predicted octanol–water partition coefficient (Wildman–Crippen LogP) is 3.19. The number of alkyl halides is 3. The van der Waals surface area contributed by atoms with Crippen LogP contribution in [-0.2, 0) is 6.18 Å². The number of carbonyl (C=O) groups excluding carboxylic acids is 1. The van der Waals surface area contributed by atoms with Gasteiger partial charge < -0.3 is 0 Å². The number of ketones is 1. The van der Waals surface area contributed by atoms with Crippen LogP contribution in [-0.4, -0.2) is 5.78 Å². The summed E-state index contributed by atoms with van der Waals surface area (Å²) in [6, 6.07) is 3.09. The minimum absolute atomic E-state index is 0.422. The van der Waals surface area contributed by atoms with E-state index in [1.165, 1.54) is 6.92 Å². The summed E-state index contributed by atoms with van der Waals surface area (Å²) in [4.78, 5) is 11.4. The number of benzene rings is 1. The molecule has 0 bridgehead atoms. The van der Waals surface area contributed by atoms with Crippen molar-refractivity contribution in [3.8, 4) is 6.07 Å². The average molecular weight is 245 g/mol. The lowest BCUT2D eigenvalue weighted by Crippen LogP contribution is -2.14. The second kappa shape index (κ2) is 4.53. The normalized spacial score (nSPS) is 12.9. The van der Waals surface area contributed by atoms with Crippen molar-refractivity contribution in [1.29, 1.82) is 5.26 Å². The van der Waals surface area contributed by atoms with E-state index in [9.17, 15) is 22.4 Å². The second-order valence-corrected chi connectivity index (χ2v) is 3.41. The van der Waals surface area contributed by atoms with Crippen molar-refractivity contribution >= 4 is 5.78 Å². The van der Waals surface area contributed by atoms with Crippen LogP contribution in [0.3, 0.4) is 0 Å². The zero-order chi connectivity index (χ0) is 13.2. The van der Waals surface area contributed by atoms with Gasteiger partial charge in [0.15, 0.2) is 5.78 Å². The van der Waals surface area contributed by atoms with Crippen molar-refractivity contribution in [2.24, 2.45) is 5.92 Å². The molecule has 0 saturated heterocycles. The number of rotatable bonds is 2. The highest BCUT2D eigenvalue weighted by atomic mass is 19.4. The van der Waals surface area contributed by atoms with Gasteiger partial charge in [0.05, 0.1) is 17.2 Å². The lowest BCUT2D eigenvalue weighted by atomic mass is 9.98. The molecule has 90 valence electrons. The minimum Gasteiger partial charge on any atom is -0.293 e. The van der Waals surface area contributed by atoms with Crippen molar-refractivity contribution in [2.75, 3.05) is 0 Å². The minimum atomic E-state index is -4.65. The fourth-order valence-corrected chi connectivity index (χ4v) is 1.18. The molecule has 0 N–H and O–H groups in total. The van der Waals surface area contributed by atoms with Crippen LogP contribution in [0.5, 0.6) is 0 Å². The van der Waals surface area contributed by atoms with Gasteiger partial charge in [-0.1, -0.05) is 0 Å². The third-order valence-corrected chi connectivity index (χ3v) is 2.15. The van der Waals surface area contributed by atoms with E-state index in [0.29, 0.717) is 18.2 Å². The van der Waals surface area contributed by atoms with Crippen LogP contribution in [0.2, 0.25) is 0 Å². The molecule has 0 spiro atoms. The third kappa shape index (κ3) is 2.81. The van der Waals surface area contributed by atoms with Crippen molar-refractivity contribution in [3.05, 3.63) is 35.1 Å². The molecule has 2 nitrogen and oxygen atoms in total. The molecule has 0 amide bonds. The van der Waals surface area contributed by atoms with Crippen LogP contribution in [0.25, 0.3) is 0 Å². The van der Waals surface area contributed by atoms with Gasteiger partial charge in [0.1, 0.15) is 11.7 Å². The highest BCUT2D eigenvalue weighted by molar-refractivity contribution is 5.99. The molecule has 6 heteroatoms. The maximum Gasteiger partial charge on any atom is 0.416 e. The summed E-state index contributed by atoms with van der Waals surface area (Å²) >= 11 is 0. The maximum atomic E-state index is 13.2. The number of nitrogens with zero attached hydrogens (tertiary/aromatic N) is 1. The summed E-state index contributed by atoms with van der Waals surface area (Å²) in [7, 11) is 0. The molecule has 0 aliphatic rings. The van der Waals surface area contributed by atoms with Gasteiger partial charge in [-0.25, -0.2) is 4.39 Å². The topological polar surface area (TPSA) is 40.9 Å². The smallest absolute Gasteiger partial charge is 0.293 e. The predicted molar refractivity (Wildman–Crippen MR) is 50.5 cm³/mol. The molecule has 1 aromatic carbocycles. The zero-order valence-electron chi connectivity index (χ0n) is 8.68. The van der Waals surface area contributed by atoms with Crippen LogP contribution in [0.15, 0.2) is 18.2 Å². The standard InChI is InChI=1S/C11H7F4NO/c1-6(5-16)10(17)8-4-7(11(13,14)15)2-3-9(8)12/h2-4,6H,1H3. The highest BCUT2D eigenvalue weighted by Gasteiger charge is 2.32. The molecule has 0 radical (unpaired) electrons. The molecular weight excluding hydrogens is 238 g/mol.